The minimum atomic E-state index is -0.275. The maximum absolute atomic E-state index is 12.6. The molecule has 1 aromatic carbocycles. The maximum Gasteiger partial charge on any atom is 0.263 e. The molecule has 5 heteroatoms. The second-order valence-corrected chi connectivity index (χ2v) is 7.83. The van der Waals surface area contributed by atoms with Crippen molar-refractivity contribution in [3.63, 3.8) is 0 Å². The van der Waals surface area contributed by atoms with Gasteiger partial charge in [0.15, 0.2) is 0 Å². The predicted molar refractivity (Wildman–Crippen MR) is 116 cm³/mol. The van der Waals surface area contributed by atoms with E-state index in [2.05, 4.69) is 10.6 Å². The molecule has 2 N–H and O–H groups in total. The van der Waals surface area contributed by atoms with E-state index in [1.165, 1.54) is 51.1 Å². The highest BCUT2D eigenvalue weighted by atomic mass is 16.5. The molecule has 0 radical (unpaired) electrons. The summed E-state index contributed by atoms with van der Waals surface area (Å²) in [6.07, 6.45) is 14.9. The number of ether oxygens (including phenoxy) is 1. The Hall–Kier alpha value is -2.48. The van der Waals surface area contributed by atoms with Gasteiger partial charge in [-0.25, -0.2) is 0 Å². The average Bonchev–Trinajstić information content (AvgIpc) is 2.73. The van der Waals surface area contributed by atoms with E-state index in [-0.39, 0.29) is 17.5 Å². The maximum atomic E-state index is 12.6. The Morgan fingerprint density at radius 1 is 1.10 bits per heavy atom. The van der Waals surface area contributed by atoms with Gasteiger partial charge < -0.3 is 15.4 Å². The Labute approximate surface area is 175 Å². The zero-order valence-corrected chi connectivity index (χ0v) is 17.7. The lowest BCUT2D eigenvalue weighted by Crippen LogP contribution is -2.36. The first-order valence-corrected chi connectivity index (χ1v) is 11.0. The zero-order valence-electron chi connectivity index (χ0n) is 17.7. The molecule has 0 atom stereocenters. The third-order valence-corrected chi connectivity index (χ3v) is 5.49. The molecule has 0 heterocycles. The van der Waals surface area contributed by atoms with Crippen LogP contribution in [0, 0.1) is 11.3 Å². The van der Waals surface area contributed by atoms with Crippen LogP contribution in [0.25, 0.3) is 0 Å². The molecule has 1 saturated carbocycles. The lowest BCUT2D eigenvalue weighted by Gasteiger charge is -2.19. The molecule has 1 fully saturated rings. The van der Waals surface area contributed by atoms with Crippen molar-refractivity contribution in [1.82, 2.24) is 10.6 Å². The summed E-state index contributed by atoms with van der Waals surface area (Å²) in [4.78, 5) is 12.6. The summed E-state index contributed by atoms with van der Waals surface area (Å²) < 4.78 is 5.22. The van der Waals surface area contributed by atoms with Gasteiger partial charge in [-0.05, 0) is 30.5 Å². The zero-order chi connectivity index (χ0) is 20.7. The number of carbonyl (C=O) groups excluding carboxylic acids is 1. The third kappa shape index (κ3) is 9.04. The summed E-state index contributed by atoms with van der Waals surface area (Å²) >= 11 is 0. The van der Waals surface area contributed by atoms with Crippen molar-refractivity contribution in [2.24, 2.45) is 0 Å². The van der Waals surface area contributed by atoms with Crippen LogP contribution in [0.1, 0.15) is 76.2 Å². The van der Waals surface area contributed by atoms with Gasteiger partial charge >= 0.3 is 0 Å². The van der Waals surface area contributed by atoms with Crippen LogP contribution in [0.5, 0.6) is 5.75 Å². The number of rotatable bonds is 6. The fraction of sp³-hybridized carbons (Fsp3) is 0.583. The number of nitrogens with one attached hydrogen (secondary N) is 2. The molecule has 1 aromatic rings. The van der Waals surface area contributed by atoms with Crippen molar-refractivity contribution in [3.8, 4) is 11.8 Å². The highest BCUT2D eigenvalue weighted by Crippen LogP contribution is 2.17. The van der Waals surface area contributed by atoms with Crippen LogP contribution < -0.4 is 15.4 Å². The molecule has 1 aliphatic rings. The largest absolute Gasteiger partial charge is 0.497 e. The van der Waals surface area contributed by atoms with E-state index in [0.29, 0.717) is 6.54 Å². The summed E-state index contributed by atoms with van der Waals surface area (Å²) in [6, 6.07) is 9.90. The summed E-state index contributed by atoms with van der Waals surface area (Å²) in [5.41, 5.74) is 1.15. The number of nitrogens with zero attached hydrogens (tertiary/aromatic N) is 1. The highest BCUT2D eigenvalue weighted by molar-refractivity contribution is 5.97. The topological polar surface area (TPSA) is 74.1 Å². The SMILES string of the molecule is COc1cccc(CN/C=C(/C#N)C(=O)NC2CCCCCCCCCCC2)c1. The second-order valence-electron chi connectivity index (χ2n) is 7.83. The minimum absolute atomic E-state index is 0.124. The number of nitriles is 1. The Bertz CT molecular complexity index is 682. The highest BCUT2D eigenvalue weighted by Gasteiger charge is 2.16. The van der Waals surface area contributed by atoms with Crippen molar-refractivity contribution >= 4 is 5.91 Å². The molecule has 0 aromatic heterocycles. The first-order chi connectivity index (χ1) is 14.2. The van der Waals surface area contributed by atoms with E-state index in [0.717, 1.165) is 37.0 Å². The Balaban J connectivity index is 1.86. The van der Waals surface area contributed by atoms with Gasteiger partial charge in [-0.2, -0.15) is 5.26 Å². The van der Waals surface area contributed by atoms with Crippen LogP contribution in [0.15, 0.2) is 36.0 Å². The molecule has 0 bridgehead atoms. The molecule has 158 valence electrons. The minimum Gasteiger partial charge on any atom is -0.497 e. The molecule has 0 aliphatic heterocycles. The van der Waals surface area contributed by atoms with Gasteiger partial charge in [0.1, 0.15) is 17.4 Å². The molecule has 0 saturated heterocycles. The van der Waals surface area contributed by atoms with Gasteiger partial charge in [-0.15, -0.1) is 0 Å². The van der Waals surface area contributed by atoms with Gasteiger partial charge in [0.25, 0.3) is 5.91 Å². The molecule has 0 unspecified atom stereocenters. The number of carbonyl (C=O) groups is 1. The van der Waals surface area contributed by atoms with Crippen LogP contribution in [0.3, 0.4) is 0 Å². The van der Waals surface area contributed by atoms with Crippen LogP contribution in [-0.2, 0) is 11.3 Å². The lowest BCUT2D eigenvalue weighted by molar-refractivity contribution is -0.117. The van der Waals surface area contributed by atoms with E-state index in [1.54, 1.807) is 7.11 Å². The van der Waals surface area contributed by atoms with Crippen LogP contribution >= 0.6 is 0 Å². The second kappa shape index (κ2) is 13.7. The molecule has 1 amide bonds. The van der Waals surface area contributed by atoms with Gasteiger partial charge in [0.2, 0.25) is 0 Å². The van der Waals surface area contributed by atoms with E-state index in [1.807, 2.05) is 30.3 Å². The van der Waals surface area contributed by atoms with Crippen molar-refractivity contribution < 1.29 is 9.53 Å². The lowest BCUT2D eigenvalue weighted by atomic mass is 9.98. The average molecular weight is 398 g/mol. The Kier molecular flexibility index (Phi) is 10.7. The molecule has 1 aliphatic carbocycles. The molecule has 5 nitrogen and oxygen atoms in total. The van der Waals surface area contributed by atoms with Gasteiger partial charge in [-0.3, -0.25) is 4.79 Å². The molecule has 0 spiro atoms. The number of amides is 1. The number of methoxy groups -OCH3 is 1. The summed E-state index contributed by atoms with van der Waals surface area (Å²) in [5, 5.41) is 15.6. The first-order valence-electron chi connectivity index (χ1n) is 11.0. The van der Waals surface area contributed by atoms with Gasteiger partial charge in [-0.1, -0.05) is 69.9 Å². The summed E-state index contributed by atoms with van der Waals surface area (Å²) in [6.45, 7) is 0.527. The number of benzene rings is 1. The standard InChI is InChI=1S/C24H35N3O2/c1-29-23-15-11-12-20(16-23)18-26-19-21(17-25)24(28)27-22-13-9-7-5-3-2-4-6-8-10-14-22/h11-12,15-16,19,22,26H,2-10,13-14,18H2,1H3,(H,27,28)/b21-19-. The van der Waals surface area contributed by atoms with E-state index < -0.39 is 0 Å². The first kappa shape index (κ1) is 22.8. The van der Waals surface area contributed by atoms with Crippen molar-refractivity contribution in [2.45, 2.75) is 83.2 Å². The number of hydrogen-bond acceptors (Lipinski definition) is 4. The van der Waals surface area contributed by atoms with Crippen LogP contribution in [0.2, 0.25) is 0 Å². The fourth-order valence-corrected chi connectivity index (χ4v) is 3.77. The molecular weight excluding hydrogens is 362 g/mol. The van der Waals surface area contributed by atoms with Crippen molar-refractivity contribution in [3.05, 3.63) is 41.6 Å². The van der Waals surface area contributed by atoms with Crippen LogP contribution in [0.4, 0.5) is 0 Å². The van der Waals surface area contributed by atoms with Crippen molar-refractivity contribution in [2.75, 3.05) is 7.11 Å². The fourth-order valence-electron chi connectivity index (χ4n) is 3.77. The smallest absolute Gasteiger partial charge is 0.263 e. The summed E-state index contributed by atoms with van der Waals surface area (Å²) in [7, 11) is 1.63. The Morgan fingerprint density at radius 3 is 2.31 bits per heavy atom. The Morgan fingerprint density at radius 2 is 1.72 bits per heavy atom. The predicted octanol–water partition coefficient (Wildman–Crippen LogP) is 4.98. The quantitative estimate of drug-likeness (QED) is 0.524. The van der Waals surface area contributed by atoms with Gasteiger partial charge in [0, 0.05) is 18.8 Å². The third-order valence-electron chi connectivity index (χ3n) is 5.49. The molecular formula is C24H35N3O2. The van der Waals surface area contributed by atoms with E-state index in [9.17, 15) is 10.1 Å². The van der Waals surface area contributed by atoms with Crippen molar-refractivity contribution in [1.29, 1.82) is 5.26 Å². The van der Waals surface area contributed by atoms with Crippen LogP contribution in [-0.4, -0.2) is 19.1 Å². The molecule has 29 heavy (non-hydrogen) atoms. The van der Waals surface area contributed by atoms with E-state index >= 15 is 0 Å². The summed E-state index contributed by atoms with van der Waals surface area (Å²) in [5.74, 6) is 0.511. The monoisotopic (exact) mass is 397 g/mol. The number of hydrogen-bond donors (Lipinski definition) is 2. The molecule has 2 rings (SSSR count). The normalized spacial score (nSPS) is 17.3. The van der Waals surface area contributed by atoms with E-state index in [4.69, 9.17) is 4.74 Å². The van der Waals surface area contributed by atoms with Gasteiger partial charge in [0.05, 0.1) is 7.11 Å².